The topological polar surface area (TPSA) is 49.8 Å². The van der Waals surface area contributed by atoms with E-state index in [9.17, 15) is 0 Å². The van der Waals surface area contributed by atoms with E-state index in [-0.39, 0.29) is 0 Å². The predicted molar refractivity (Wildman–Crippen MR) is 63.1 cm³/mol. The van der Waals surface area contributed by atoms with Crippen molar-refractivity contribution in [2.24, 2.45) is 0 Å². The molecule has 0 aromatic carbocycles. The highest BCUT2D eigenvalue weighted by Crippen LogP contribution is 2.33. The van der Waals surface area contributed by atoms with Gasteiger partial charge in [-0.2, -0.15) is 5.26 Å². The molecule has 0 aliphatic carbocycles. The van der Waals surface area contributed by atoms with Crippen LogP contribution in [0.5, 0.6) is 0 Å². The number of pyridine rings is 1. The van der Waals surface area contributed by atoms with Gasteiger partial charge in [-0.3, -0.25) is 0 Å². The average Bonchev–Trinajstić information content (AvgIpc) is 2.83. The third-order valence-corrected chi connectivity index (χ3v) is 3.08. The van der Waals surface area contributed by atoms with E-state index in [0.717, 1.165) is 22.0 Å². The summed E-state index contributed by atoms with van der Waals surface area (Å²) in [6, 6.07) is 7.70. The molecule has 2 rings (SSSR count). The summed E-state index contributed by atoms with van der Waals surface area (Å²) in [7, 11) is 0. The Morgan fingerprint density at radius 2 is 2.38 bits per heavy atom. The first-order valence-electron chi connectivity index (χ1n) is 4.92. The van der Waals surface area contributed by atoms with Crippen LogP contribution in [0.2, 0.25) is 0 Å². The maximum absolute atomic E-state index is 9.01. The van der Waals surface area contributed by atoms with E-state index >= 15 is 0 Å². The molecule has 0 unspecified atom stereocenters. The molecule has 0 saturated carbocycles. The lowest BCUT2D eigenvalue weighted by Crippen LogP contribution is -1.90. The van der Waals surface area contributed by atoms with Crippen molar-refractivity contribution in [3.05, 3.63) is 36.4 Å². The number of hydrogen-bond donors (Lipinski definition) is 0. The maximum atomic E-state index is 9.01. The molecule has 0 aliphatic rings. The molecule has 16 heavy (non-hydrogen) atoms. The highest BCUT2D eigenvalue weighted by atomic mass is 32.2. The first-order chi connectivity index (χ1) is 7.86. The van der Waals surface area contributed by atoms with Crippen molar-refractivity contribution >= 4 is 11.8 Å². The lowest BCUT2D eigenvalue weighted by Gasteiger charge is -2.06. The minimum absolute atomic E-state index is 0.459. The van der Waals surface area contributed by atoms with Crippen molar-refractivity contribution in [1.29, 1.82) is 5.26 Å². The Bertz CT molecular complexity index is 514. The van der Waals surface area contributed by atoms with Crippen molar-refractivity contribution in [2.45, 2.75) is 11.8 Å². The van der Waals surface area contributed by atoms with E-state index in [0.29, 0.717) is 5.69 Å². The Morgan fingerprint density at radius 3 is 3.00 bits per heavy atom. The highest BCUT2D eigenvalue weighted by molar-refractivity contribution is 7.99. The highest BCUT2D eigenvalue weighted by Gasteiger charge is 2.12. The monoisotopic (exact) mass is 230 g/mol. The van der Waals surface area contributed by atoms with Gasteiger partial charge in [0.1, 0.15) is 11.8 Å². The van der Waals surface area contributed by atoms with Gasteiger partial charge < -0.3 is 4.42 Å². The summed E-state index contributed by atoms with van der Waals surface area (Å²) in [4.78, 5) is 4.95. The maximum Gasteiger partial charge on any atom is 0.154 e. The second-order valence-corrected chi connectivity index (χ2v) is 4.33. The number of thioether (sulfide) groups is 1. The predicted octanol–water partition coefficient (Wildman–Crippen LogP) is 3.33. The molecule has 0 fully saturated rings. The summed E-state index contributed by atoms with van der Waals surface area (Å²) < 4.78 is 5.36. The van der Waals surface area contributed by atoms with E-state index in [1.807, 2.05) is 25.1 Å². The van der Waals surface area contributed by atoms with Crippen LogP contribution in [0.3, 0.4) is 0 Å². The Hall–Kier alpha value is -1.73. The van der Waals surface area contributed by atoms with Gasteiger partial charge in [0.2, 0.25) is 0 Å². The molecule has 0 N–H and O–H groups in total. The number of rotatable bonds is 3. The van der Waals surface area contributed by atoms with Crippen LogP contribution in [-0.4, -0.2) is 10.7 Å². The Labute approximate surface area is 98.1 Å². The van der Waals surface area contributed by atoms with E-state index in [2.05, 4.69) is 11.1 Å². The van der Waals surface area contributed by atoms with Gasteiger partial charge in [-0.15, -0.1) is 11.8 Å². The molecule has 0 radical (unpaired) electrons. The van der Waals surface area contributed by atoms with Crippen molar-refractivity contribution in [2.75, 3.05) is 5.75 Å². The minimum atomic E-state index is 0.459. The normalized spacial score (nSPS) is 10.0. The van der Waals surface area contributed by atoms with Gasteiger partial charge in [0, 0.05) is 11.8 Å². The lowest BCUT2D eigenvalue weighted by molar-refractivity contribution is 0.581. The van der Waals surface area contributed by atoms with E-state index in [4.69, 9.17) is 9.68 Å². The van der Waals surface area contributed by atoms with Crippen LogP contribution in [0.25, 0.3) is 11.3 Å². The Morgan fingerprint density at radius 1 is 1.50 bits per heavy atom. The van der Waals surface area contributed by atoms with Crippen LogP contribution in [0, 0.1) is 11.3 Å². The van der Waals surface area contributed by atoms with Crippen LogP contribution in [0.4, 0.5) is 0 Å². The van der Waals surface area contributed by atoms with Crippen molar-refractivity contribution < 1.29 is 4.42 Å². The largest absolute Gasteiger partial charge is 0.464 e. The zero-order chi connectivity index (χ0) is 11.4. The van der Waals surface area contributed by atoms with Crippen LogP contribution in [0.1, 0.15) is 12.6 Å². The SMILES string of the molecule is CCSc1c(-c2ccco2)ccnc1C#N. The van der Waals surface area contributed by atoms with Gasteiger partial charge in [-0.05, 0) is 24.0 Å². The molecular weight excluding hydrogens is 220 g/mol. The summed E-state index contributed by atoms with van der Waals surface area (Å²) >= 11 is 1.61. The molecule has 2 aromatic rings. The molecule has 0 spiro atoms. The van der Waals surface area contributed by atoms with Crippen LogP contribution in [-0.2, 0) is 0 Å². The first kappa shape index (κ1) is 10.8. The third kappa shape index (κ3) is 1.95. The number of aromatic nitrogens is 1. The molecule has 0 aliphatic heterocycles. The molecule has 4 heteroatoms. The van der Waals surface area contributed by atoms with Crippen LogP contribution < -0.4 is 0 Å². The minimum Gasteiger partial charge on any atom is -0.464 e. The first-order valence-corrected chi connectivity index (χ1v) is 5.91. The fraction of sp³-hybridized carbons (Fsp3) is 0.167. The van der Waals surface area contributed by atoms with E-state index < -0.39 is 0 Å². The Balaban J connectivity index is 2.57. The second kappa shape index (κ2) is 4.86. The van der Waals surface area contributed by atoms with E-state index in [1.54, 1.807) is 24.2 Å². The van der Waals surface area contributed by atoms with Gasteiger partial charge in [0.25, 0.3) is 0 Å². The molecule has 0 bridgehead atoms. The summed E-state index contributed by atoms with van der Waals surface area (Å²) in [6.07, 6.45) is 3.26. The second-order valence-electron chi connectivity index (χ2n) is 3.06. The quantitative estimate of drug-likeness (QED) is 0.759. The van der Waals surface area contributed by atoms with Crippen molar-refractivity contribution in [1.82, 2.24) is 4.98 Å². The molecule has 0 amide bonds. The van der Waals surface area contributed by atoms with Gasteiger partial charge in [0.15, 0.2) is 5.69 Å². The van der Waals surface area contributed by atoms with Crippen LogP contribution >= 0.6 is 11.8 Å². The number of nitrogens with zero attached hydrogens (tertiary/aromatic N) is 2. The zero-order valence-corrected chi connectivity index (χ0v) is 9.62. The van der Waals surface area contributed by atoms with Crippen molar-refractivity contribution in [3.8, 4) is 17.4 Å². The summed E-state index contributed by atoms with van der Waals surface area (Å²) in [5, 5.41) is 9.01. The molecule has 2 aromatic heterocycles. The standard InChI is InChI=1S/C12H10N2OS/c1-2-16-12-9(11-4-3-7-15-11)5-6-14-10(12)8-13/h3-7H,2H2,1H3. The molecule has 3 nitrogen and oxygen atoms in total. The molecule has 80 valence electrons. The van der Waals surface area contributed by atoms with Crippen LogP contribution in [0.15, 0.2) is 40.0 Å². The zero-order valence-electron chi connectivity index (χ0n) is 8.80. The molecule has 2 heterocycles. The smallest absolute Gasteiger partial charge is 0.154 e. The molecular formula is C12H10N2OS. The molecule has 0 saturated heterocycles. The van der Waals surface area contributed by atoms with E-state index in [1.165, 1.54) is 0 Å². The Kier molecular flexibility index (Phi) is 3.28. The van der Waals surface area contributed by atoms with Gasteiger partial charge in [0.05, 0.1) is 11.2 Å². The lowest BCUT2D eigenvalue weighted by atomic mass is 10.2. The van der Waals surface area contributed by atoms with Gasteiger partial charge in [-0.1, -0.05) is 6.92 Å². The fourth-order valence-electron chi connectivity index (χ4n) is 1.44. The summed E-state index contributed by atoms with van der Waals surface area (Å²) in [5.74, 6) is 1.67. The van der Waals surface area contributed by atoms with Gasteiger partial charge >= 0.3 is 0 Å². The number of hydrogen-bond acceptors (Lipinski definition) is 4. The summed E-state index contributed by atoms with van der Waals surface area (Å²) in [6.45, 7) is 2.05. The third-order valence-electron chi connectivity index (χ3n) is 2.09. The fourth-order valence-corrected chi connectivity index (χ4v) is 2.29. The van der Waals surface area contributed by atoms with Crippen molar-refractivity contribution in [3.63, 3.8) is 0 Å². The molecule has 0 atom stereocenters. The van der Waals surface area contributed by atoms with Gasteiger partial charge in [-0.25, -0.2) is 4.98 Å². The summed E-state index contributed by atoms with van der Waals surface area (Å²) in [5.41, 5.74) is 1.39. The number of furan rings is 1. The number of nitriles is 1. The average molecular weight is 230 g/mol.